The van der Waals surface area contributed by atoms with Gasteiger partial charge in [-0.15, -0.1) is 0 Å². The Balaban J connectivity index is 1.59. The molecular weight excluding hydrogens is 394 g/mol. The highest BCUT2D eigenvalue weighted by Gasteiger charge is 2.26. The Labute approximate surface area is 160 Å². The third-order valence-electron chi connectivity index (χ3n) is 4.09. The van der Waals surface area contributed by atoms with E-state index in [-0.39, 0.29) is 5.92 Å². The summed E-state index contributed by atoms with van der Waals surface area (Å²) in [4.78, 5) is 13.6. The molecule has 0 aliphatic heterocycles. The van der Waals surface area contributed by atoms with Crippen LogP contribution in [0.1, 0.15) is 50.0 Å². The van der Waals surface area contributed by atoms with Gasteiger partial charge in [0.25, 0.3) is 0 Å². The number of nitrogens with one attached hydrogen (secondary N) is 3. The van der Waals surface area contributed by atoms with E-state index in [0.717, 1.165) is 27.5 Å². The van der Waals surface area contributed by atoms with E-state index < -0.39 is 0 Å². The summed E-state index contributed by atoms with van der Waals surface area (Å²) in [6, 6.07) is 9.90. The van der Waals surface area contributed by atoms with Crippen LogP contribution in [-0.2, 0) is 0 Å². The number of hydrogen-bond donors (Lipinski definition) is 3. The number of rotatable bonds is 6. The third kappa shape index (κ3) is 4.01. The molecule has 2 heterocycles. The molecule has 0 bridgehead atoms. The number of H-pyrrole nitrogens is 1. The van der Waals surface area contributed by atoms with E-state index in [2.05, 4.69) is 65.6 Å². The smallest absolute Gasteiger partial charge is 0.233 e. The van der Waals surface area contributed by atoms with Gasteiger partial charge in [-0.1, -0.05) is 35.8 Å². The first-order chi connectivity index (χ1) is 12.6. The van der Waals surface area contributed by atoms with Crippen molar-refractivity contribution in [3.05, 3.63) is 46.3 Å². The average molecular weight is 414 g/mol. The van der Waals surface area contributed by atoms with Crippen LogP contribution in [0.3, 0.4) is 0 Å². The van der Waals surface area contributed by atoms with Crippen LogP contribution in [0.25, 0.3) is 0 Å². The highest BCUT2D eigenvalue weighted by atomic mass is 79.9. The molecule has 3 aromatic rings. The largest absolute Gasteiger partial charge is 0.324 e. The van der Waals surface area contributed by atoms with Crippen LogP contribution in [-0.4, -0.2) is 25.1 Å². The molecule has 1 aliphatic rings. The lowest BCUT2D eigenvalue weighted by atomic mass is 10.2. The van der Waals surface area contributed by atoms with Gasteiger partial charge < -0.3 is 10.6 Å². The van der Waals surface area contributed by atoms with Gasteiger partial charge in [0.05, 0.1) is 5.69 Å². The van der Waals surface area contributed by atoms with Crippen LogP contribution in [0.5, 0.6) is 0 Å². The number of nitrogens with zero attached hydrogens (tertiary/aromatic N) is 4. The molecule has 4 rings (SSSR count). The molecular formula is C18H20BrN7. The molecule has 0 radical (unpaired) electrons. The molecule has 8 heteroatoms. The van der Waals surface area contributed by atoms with E-state index >= 15 is 0 Å². The molecule has 0 atom stereocenters. The Morgan fingerprint density at radius 1 is 1.08 bits per heavy atom. The lowest BCUT2D eigenvalue weighted by Gasteiger charge is -2.11. The fraction of sp³-hybridized carbons (Fsp3) is 0.333. The molecule has 0 saturated heterocycles. The topological polar surface area (TPSA) is 91.4 Å². The predicted octanol–water partition coefficient (Wildman–Crippen LogP) is 4.85. The van der Waals surface area contributed by atoms with Crippen molar-refractivity contribution in [1.82, 2.24) is 25.1 Å². The van der Waals surface area contributed by atoms with Crippen molar-refractivity contribution in [2.24, 2.45) is 0 Å². The van der Waals surface area contributed by atoms with Gasteiger partial charge in [0, 0.05) is 28.1 Å². The molecule has 134 valence electrons. The van der Waals surface area contributed by atoms with Gasteiger partial charge in [-0.2, -0.15) is 20.1 Å². The molecule has 0 unspecified atom stereocenters. The fourth-order valence-corrected chi connectivity index (χ4v) is 2.97. The number of anilines is 4. The van der Waals surface area contributed by atoms with Gasteiger partial charge in [-0.3, -0.25) is 5.10 Å². The summed E-state index contributed by atoms with van der Waals surface area (Å²) >= 11 is 3.47. The van der Waals surface area contributed by atoms with Crippen molar-refractivity contribution < 1.29 is 0 Å². The Morgan fingerprint density at radius 3 is 2.54 bits per heavy atom. The van der Waals surface area contributed by atoms with E-state index in [0.29, 0.717) is 17.8 Å². The Morgan fingerprint density at radius 2 is 1.85 bits per heavy atom. The molecule has 0 amide bonds. The summed E-state index contributed by atoms with van der Waals surface area (Å²) in [5, 5.41) is 13.8. The first kappa shape index (κ1) is 17.0. The van der Waals surface area contributed by atoms with Gasteiger partial charge in [-0.25, -0.2) is 0 Å². The quantitative estimate of drug-likeness (QED) is 0.535. The van der Waals surface area contributed by atoms with Crippen molar-refractivity contribution >= 4 is 39.3 Å². The molecule has 1 fully saturated rings. The van der Waals surface area contributed by atoms with Gasteiger partial charge in [-0.05, 0) is 31.0 Å². The van der Waals surface area contributed by atoms with E-state index in [9.17, 15) is 0 Å². The Hall–Kier alpha value is -2.48. The summed E-state index contributed by atoms with van der Waals surface area (Å²) in [5.74, 6) is 3.30. The number of halogens is 1. The fourth-order valence-electron chi connectivity index (χ4n) is 2.57. The monoisotopic (exact) mass is 413 g/mol. The highest BCUT2D eigenvalue weighted by molar-refractivity contribution is 9.10. The SMILES string of the molecule is CC(C)c1nc(Nc2cccc(Br)c2)nc(Nc2cc(C3CC3)n[nH]2)n1. The molecule has 1 aromatic carbocycles. The standard InChI is InChI=1S/C18H20BrN7/c1-10(2)16-22-17(20-13-5-3-4-12(19)8-13)24-18(23-16)21-15-9-14(25-26-15)11-6-7-11/h3-5,8-11H,6-7H2,1-2H3,(H3,20,21,22,23,24,25,26). The summed E-state index contributed by atoms with van der Waals surface area (Å²) in [6.45, 7) is 4.12. The van der Waals surface area contributed by atoms with Crippen LogP contribution in [0.15, 0.2) is 34.8 Å². The molecule has 1 aliphatic carbocycles. The maximum atomic E-state index is 4.53. The minimum Gasteiger partial charge on any atom is -0.324 e. The second-order valence-electron chi connectivity index (χ2n) is 6.74. The van der Waals surface area contributed by atoms with Crippen molar-refractivity contribution in [2.75, 3.05) is 10.6 Å². The van der Waals surface area contributed by atoms with Crippen LogP contribution < -0.4 is 10.6 Å². The van der Waals surface area contributed by atoms with Gasteiger partial charge in [0.2, 0.25) is 11.9 Å². The number of aromatic amines is 1. The molecule has 2 aromatic heterocycles. The van der Waals surface area contributed by atoms with E-state index in [1.54, 1.807) is 0 Å². The van der Waals surface area contributed by atoms with Crippen molar-refractivity contribution in [1.29, 1.82) is 0 Å². The Bertz CT molecular complexity index is 917. The lowest BCUT2D eigenvalue weighted by molar-refractivity contribution is 0.766. The van der Waals surface area contributed by atoms with Gasteiger partial charge in [0.15, 0.2) is 0 Å². The third-order valence-corrected chi connectivity index (χ3v) is 4.58. The second kappa shape index (κ2) is 7.03. The van der Waals surface area contributed by atoms with E-state index in [1.807, 2.05) is 30.3 Å². The summed E-state index contributed by atoms with van der Waals surface area (Å²) in [7, 11) is 0. The normalized spacial score (nSPS) is 13.8. The highest BCUT2D eigenvalue weighted by Crippen LogP contribution is 2.39. The summed E-state index contributed by atoms with van der Waals surface area (Å²) in [6.07, 6.45) is 2.43. The first-order valence-corrected chi connectivity index (χ1v) is 9.47. The molecule has 1 saturated carbocycles. The molecule has 3 N–H and O–H groups in total. The van der Waals surface area contributed by atoms with Crippen LogP contribution in [0.4, 0.5) is 23.4 Å². The second-order valence-corrected chi connectivity index (χ2v) is 7.65. The van der Waals surface area contributed by atoms with Crippen molar-refractivity contribution in [3.63, 3.8) is 0 Å². The maximum absolute atomic E-state index is 4.53. The minimum atomic E-state index is 0.186. The van der Waals surface area contributed by atoms with Crippen molar-refractivity contribution in [2.45, 2.75) is 38.5 Å². The minimum absolute atomic E-state index is 0.186. The summed E-state index contributed by atoms with van der Waals surface area (Å²) in [5.41, 5.74) is 2.00. The van der Waals surface area contributed by atoms with Crippen LogP contribution in [0.2, 0.25) is 0 Å². The lowest BCUT2D eigenvalue weighted by Crippen LogP contribution is -2.08. The molecule has 26 heavy (non-hydrogen) atoms. The first-order valence-electron chi connectivity index (χ1n) is 8.68. The number of benzene rings is 1. The zero-order chi connectivity index (χ0) is 18.1. The molecule has 0 spiro atoms. The van der Waals surface area contributed by atoms with E-state index in [1.165, 1.54) is 12.8 Å². The van der Waals surface area contributed by atoms with Gasteiger partial charge >= 0.3 is 0 Å². The zero-order valence-electron chi connectivity index (χ0n) is 14.6. The average Bonchev–Trinajstić information content (AvgIpc) is 3.35. The Kier molecular flexibility index (Phi) is 4.58. The maximum Gasteiger partial charge on any atom is 0.233 e. The number of aromatic nitrogens is 5. The molecule has 7 nitrogen and oxygen atoms in total. The number of hydrogen-bond acceptors (Lipinski definition) is 6. The van der Waals surface area contributed by atoms with Crippen LogP contribution in [0, 0.1) is 0 Å². The predicted molar refractivity (Wildman–Crippen MR) is 105 cm³/mol. The van der Waals surface area contributed by atoms with Crippen molar-refractivity contribution in [3.8, 4) is 0 Å². The zero-order valence-corrected chi connectivity index (χ0v) is 16.2. The van der Waals surface area contributed by atoms with E-state index in [4.69, 9.17) is 0 Å². The van der Waals surface area contributed by atoms with Gasteiger partial charge in [0.1, 0.15) is 11.6 Å². The van der Waals surface area contributed by atoms with Crippen LogP contribution >= 0.6 is 15.9 Å². The summed E-state index contributed by atoms with van der Waals surface area (Å²) < 4.78 is 0.990.